The zero-order valence-electron chi connectivity index (χ0n) is 8.26. The predicted molar refractivity (Wildman–Crippen MR) is 62.7 cm³/mol. The number of fused-ring (bicyclic) bond motifs is 1. The summed E-state index contributed by atoms with van der Waals surface area (Å²) in [5, 5.41) is 1.05. The first kappa shape index (κ1) is 9.35. The van der Waals surface area contributed by atoms with Gasteiger partial charge in [-0.3, -0.25) is 0 Å². The molecule has 4 heteroatoms. The normalized spacial score (nSPS) is 10.8. The minimum absolute atomic E-state index is 0.776. The van der Waals surface area contributed by atoms with Crippen LogP contribution in [0.1, 0.15) is 18.3 Å². The zero-order valence-corrected chi connectivity index (χ0v) is 9.41. The number of hydrogen-bond acceptors (Lipinski definition) is 2. The lowest BCUT2D eigenvalue weighted by atomic mass is 10.1. The second-order valence-electron chi connectivity index (χ2n) is 3.36. The van der Waals surface area contributed by atoms with Crippen LogP contribution in [0.25, 0.3) is 16.6 Å². The molecule has 3 nitrogen and oxygen atoms in total. The quantitative estimate of drug-likeness (QED) is 0.721. The molecular formula is C10H12N3P. The standard InChI is InChI=1S/C10H12N3P/c1-5(2)7-4-11-9-8(7)10(14)13-6(3)12-9/h4H,1,14H2,2-3H3,(H,11,12,13). The summed E-state index contributed by atoms with van der Waals surface area (Å²) in [6.07, 6.45) is 1.93. The van der Waals surface area contributed by atoms with Crippen molar-refractivity contribution in [2.75, 3.05) is 0 Å². The number of nitrogens with zero attached hydrogens (tertiary/aromatic N) is 2. The Kier molecular flexibility index (Phi) is 2.12. The lowest BCUT2D eigenvalue weighted by Gasteiger charge is -2.00. The third-order valence-electron chi connectivity index (χ3n) is 2.13. The summed E-state index contributed by atoms with van der Waals surface area (Å²) < 4.78 is 0. The second-order valence-corrected chi connectivity index (χ2v) is 3.91. The Hall–Kier alpha value is -1.21. The molecule has 0 radical (unpaired) electrons. The highest BCUT2D eigenvalue weighted by molar-refractivity contribution is 7.27. The third kappa shape index (κ3) is 1.34. The van der Waals surface area contributed by atoms with Crippen LogP contribution in [0.4, 0.5) is 0 Å². The second kappa shape index (κ2) is 3.18. The Morgan fingerprint density at radius 1 is 1.50 bits per heavy atom. The average molecular weight is 205 g/mol. The fourth-order valence-electron chi connectivity index (χ4n) is 1.51. The molecule has 1 N–H and O–H groups in total. The van der Waals surface area contributed by atoms with Gasteiger partial charge in [0.25, 0.3) is 0 Å². The molecule has 2 rings (SSSR count). The van der Waals surface area contributed by atoms with E-state index >= 15 is 0 Å². The van der Waals surface area contributed by atoms with Crippen molar-refractivity contribution in [3.05, 3.63) is 24.2 Å². The summed E-state index contributed by atoms with van der Waals surface area (Å²) >= 11 is 0. The first-order valence-corrected chi connectivity index (χ1v) is 4.94. The number of allylic oxidation sites excluding steroid dienone is 1. The van der Waals surface area contributed by atoms with Crippen LogP contribution in [0.5, 0.6) is 0 Å². The Balaban J connectivity index is 2.85. The van der Waals surface area contributed by atoms with E-state index in [0.29, 0.717) is 0 Å². The summed E-state index contributed by atoms with van der Waals surface area (Å²) in [7, 11) is 2.64. The van der Waals surface area contributed by atoms with Crippen LogP contribution in [0.15, 0.2) is 12.8 Å². The monoisotopic (exact) mass is 205 g/mol. The van der Waals surface area contributed by atoms with Gasteiger partial charge in [-0.15, -0.1) is 0 Å². The third-order valence-corrected chi connectivity index (χ3v) is 2.55. The molecule has 1 unspecified atom stereocenters. The van der Waals surface area contributed by atoms with Crippen LogP contribution >= 0.6 is 9.24 Å². The van der Waals surface area contributed by atoms with E-state index in [2.05, 4.69) is 30.8 Å². The lowest BCUT2D eigenvalue weighted by Crippen LogP contribution is -2.04. The highest BCUT2D eigenvalue weighted by atomic mass is 31.0. The van der Waals surface area contributed by atoms with Gasteiger partial charge in [-0.25, -0.2) is 9.97 Å². The van der Waals surface area contributed by atoms with Crippen molar-refractivity contribution in [1.82, 2.24) is 15.0 Å². The van der Waals surface area contributed by atoms with Crippen LogP contribution in [0.2, 0.25) is 0 Å². The predicted octanol–water partition coefficient (Wildman–Crippen LogP) is 1.80. The van der Waals surface area contributed by atoms with Gasteiger partial charge in [0, 0.05) is 11.8 Å². The Labute approximate surface area is 84.9 Å². The molecule has 0 fully saturated rings. The van der Waals surface area contributed by atoms with Crippen LogP contribution in [-0.2, 0) is 0 Å². The zero-order chi connectivity index (χ0) is 10.3. The molecule has 2 aromatic heterocycles. The molecule has 14 heavy (non-hydrogen) atoms. The first-order valence-electron chi connectivity index (χ1n) is 4.36. The largest absolute Gasteiger partial charge is 0.345 e. The molecule has 2 aromatic rings. The van der Waals surface area contributed by atoms with E-state index in [1.165, 1.54) is 0 Å². The van der Waals surface area contributed by atoms with E-state index in [4.69, 9.17) is 0 Å². The number of rotatable bonds is 1. The van der Waals surface area contributed by atoms with E-state index in [1.54, 1.807) is 0 Å². The van der Waals surface area contributed by atoms with Gasteiger partial charge in [-0.1, -0.05) is 15.8 Å². The number of aryl methyl sites for hydroxylation is 1. The van der Waals surface area contributed by atoms with Crippen molar-refractivity contribution in [2.45, 2.75) is 13.8 Å². The molecule has 0 amide bonds. The topological polar surface area (TPSA) is 41.6 Å². The molecule has 0 saturated heterocycles. The Morgan fingerprint density at radius 2 is 2.21 bits per heavy atom. The molecule has 72 valence electrons. The van der Waals surface area contributed by atoms with Crippen LogP contribution in [-0.4, -0.2) is 15.0 Å². The molecule has 0 aliphatic heterocycles. The fraction of sp³-hybridized carbons (Fsp3) is 0.200. The highest BCUT2D eigenvalue weighted by Gasteiger charge is 2.09. The summed E-state index contributed by atoms with van der Waals surface area (Å²) in [6, 6.07) is 0. The van der Waals surface area contributed by atoms with Crippen molar-refractivity contribution in [3.63, 3.8) is 0 Å². The molecule has 0 saturated carbocycles. The SMILES string of the molecule is C=C(C)c1c[nH]c2nc(C)nc(P)c12. The van der Waals surface area contributed by atoms with Crippen LogP contribution in [0, 0.1) is 6.92 Å². The van der Waals surface area contributed by atoms with E-state index in [9.17, 15) is 0 Å². The van der Waals surface area contributed by atoms with E-state index < -0.39 is 0 Å². The highest BCUT2D eigenvalue weighted by Crippen LogP contribution is 2.21. The number of aromatic amines is 1. The molecule has 2 heterocycles. The average Bonchev–Trinajstić information content (AvgIpc) is 2.47. The number of hydrogen-bond donors (Lipinski definition) is 1. The summed E-state index contributed by atoms with van der Waals surface area (Å²) in [5.41, 5.74) is 3.91. The first-order chi connectivity index (χ1) is 6.59. The molecule has 0 aromatic carbocycles. The maximum atomic E-state index is 4.32. The Morgan fingerprint density at radius 3 is 2.86 bits per heavy atom. The molecule has 0 aliphatic carbocycles. The van der Waals surface area contributed by atoms with Gasteiger partial charge >= 0.3 is 0 Å². The maximum absolute atomic E-state index is 4.32. The van der Waals surface area contributed by atoms with Crippen molar-refractivity contribution >= 4 is 31.3 Å². The van der Waals surface area contributed by atoms with Gasteiger partial charge in [-0.05, 0) is 19.4 Å². The van der Waals surface area contributed by atoms with Crippen LogP contribution in [0.3, 0.4) is 0 Å². The summed E-state index contributed by atoms with van der Waals surface area (Å²) in [5.74, 6) is 0.776. The number of aromatic nitrogens is 3. The van der Waals surface area contributed by atoms with Crippen molar-refractivity contribution in [3.8, 4) is 0 Å². The van der Waals surface area contributed by atoms with Gasteiger partial charge in [0.15, 0.2) is 0 Å². The smallest absolute Gasteiger partial charge is 0.142 e. The minimum Gasteiger partial charge on any atom is -0.345 e. The number of H-pyrrole nitrogens is 1. The molecule has 1 atom stereocenters. The molecule has 0 spiro atoms. The van der Waals surface area contributed by atoms with Crippen molar-refractivity contribution < 1.29 is 0 Å². The summed E-state index contributed by atoms with van der Waals surface area (Å²) in [4.78, 5) is 11.8. The van der Waals surface area contributed by atoms with E-state index in [0.717, 1.165) is 33.4 Å². The van der Waals surface area contributed by atoms with Gasteiger partial charge in [0.1, 0.15) is 11.5 Å². The lowest BCUT2D eigenvalue weighted by molar-refractivity contribution is 1.10. The molecule has 0 bridgehead atoms. The van der Waals surface area contributed by atoms with Gasteiger partial charge < -0.3 is 4.98 Å². The minimum atomic E-state index is 0.776. The van der Waals surface area contributed by atoms with Crippen LogP contribution < -0.4 is 5.44 Å². The molecular weight excluding hydrogens is 193 g/mol. The maximum Gasteiger partial charge on any atom is 0.142 e. The fourth-order valence-corrected chi connectivity index (χ4v) is 1.99. The van der Waals surface area contributed by atoms with Crippen molar-refractivity contribution in [2.24, 2.45) is 0 Å². The van der Waals surface area contributed by atoms with Gasteiger partial charge in [0.2, 0.25) is 0 Å². The Bertz CT molecular complexity index is 513. The van der Waals surface area contributed by atoms with E-state index in [-0.39, 0.29) is 0 Å². The van der Waals surface area contributed by atoms with Gasteiger partial charge in [0.05, 0.1) is 10.8 Å². The summed E-state index contributed by atoms with van der Waals surface area (Å²) in [6.45, 7) is 7.79. The van der Waals surface area contributed by atoms with E-state index in [1.807, 2.05) is 20.0 Å². The van der Waals surface area contributed by atoms with Gasteiger partial charge in [-0.2, -0.15) is 0 Å². The number of nitrogens with one attached hydrogen (secondary N) is 1. The molecule has 0 aliphatic rings. The van der Waals surface area contributed by atoms with Crippen molar-refractivity contribution in [1.29, 1.82) is 0 Å².